The summed E-state index contributed by atoms with van der Waals surface area (Å²) in [5.41, 5.74) is 1.19. The molecule has 0 fully saturated rings. The molecule has 0 aromatic heterocycles. The summed E-state index contributed by atoms with van der Waals surface area (Å²) in [5, 5.41) is 9.06. The van der Waals surface area contributed by atoms with Gasteiger partial charge in [-0.1, -0.05) is 0 Å². The van der Waals surface area contributed by atoms with Gasteiger partial charge in [-0.2, -0.15) is 12.6 Å². The van der Waals surface area contributed by atoms with E-state index in [2.05, 4.69) is 17.4 Å². The van der Waals surface area contributed by atoms with Gasteiger partial charge in [0.25, 0.3) is 0 Å². The third kappa shape index (κ3) is 3.85. The molecule has 0 aliphatic heterocycles. The van der Waals surface area contributed by atoms with Gasteiger partial charge in [0, 0.05) is 5.75 Å². The maximum Gasteiger partial charge on any atom is 0.241 e. The molecule has 0 saturated carbocycles. The van der Waals surface area contributed by atoms with Crippen molar-refractivity contribution >= 4 is 22.7 Å². The Kier molecular flexibility index (Phi) is 5.66. The Hall–Kier alpha value is -0.760. The zero-order valence-corrected chi connectivity index (χ0v) is 12.9. The third-order valence-electron chi connectivity index (χ3n) is 2.70. The second-order valence-corrected chi connectivity index (χ2v) is 6.29. The topological polar surface area (TPSA) is 75.6 Å². The number of aliphatic hydroxyl groups excluding tert-OH is 1. The summed E-state index contributed by atoms with van der Waals surface area (Å²) in [7, 11) is -2.15. The molecule has 1 aromatic rings. The van der Waals surface area contributed by atoms with Crippen LogP contribution < -0.4 is 9.46 Å². The van der Waals surface area contributed by atoms with Crippen LogP contribution in [-0.2, 0) is 10.0 Å². The Morgan fingerprint density at radius 3 is 2.26 bits per heavy atom. The SMILES string of the molecule is COc1cc(C)c(S(=O)(=O)NC(CO)CS)c(C)c1. The minimum absolute atomic E-state index is 0.216. The fourth-order valence-corrected chi connectivity index (χ4v) is 3.87. The third-order valence-corrected chi connectivity index (χ3v) is 4.97. The number of thiol groups is 1. The first-order chi connectivity index (χ1) is 8.85. The van der Waals surface area contributed by atoms with Crippen molar-refractivity contribution in [1.29, 1.82) is 0 Å². The van der Waals surface area contributed by atoms with Gasteiger partial charge in [-0.05, 0) is 37.1 Å². The zero-order valence-electron chi connectivity index (χ0n) is 11.2. The number of aryl methyl sites for hydroxylation is 2. The Labute approximate surface area is 119 Å². The van der Waals surface area contributed by atoms with Crippen LogP contribution in [0, 0.1) is 13.8 Å². The van der Waals surface area contributed by atoms with Crippen molar-refractivity contribution in [2.75, 3.05) is 19.5 Å². The van der Waals surface area contributed by atoms with Crippen molar-refractivity contribution in [2.24, 2.45) is 0 Å². The van der Waals surface area contributed by atoms with E-state index in [1.165, 1.54) is 7.11 Å². The van der Waals surface area contributed by atoms with Crippen molar-refractivity contribution in [3.63, 3.8) is 0 Å². The summed E-state index contributed by atoms with van der Waals surface area (Å²) in [5.74, 6) is 0.839. The highest BCUT2D eigenvalue weighted by Gasteiger charge is 2.23. The van der Waals surface area contributed by atoms with Crippen LogP contribution in [0.4, 0.5) is 0 Å². The van der Waals surface area contributed by atoms with Gasteiger partial charge in [-0.15, -0.1) is 0 Å². The maximum atomic E-state index is 12.3. The molecule has 2 N–H and O–H groups in total. The Bertz CT molecular complexity index is 516. The first-order valence-electron chi connectivity index (χ1n) is 5.75. The first-order valence-corrected chi connectivity index (χ1v) is 7.86. The fourth-order valence-electron chi connectivity index (χ4n) is 1.86. The molecule has 0 aliphatic rings. The van der Waals surface area contributed by atoms with Gasteiger partial charge in [0.1, 0.15) is 5.75 Å². The molecule has 1 unspecified atom stereocenters. The van der Waals surface area contributed by atoms with Crippen molar-refractivity contribution in [3.05, 3.63) is 23.3 Å². The van der Waals surface area contributed by atoms with E-state index in [1.54, 1.807) is 26.0 Å². The number of hydrogen-bond donors (Lipinski definition) is 3. The van der Waals surface area contributed by atoms with Gasteiger partial charge < -0.3 is 9.84 Å². The van der Waals surface area contributed by atoms with Crippen LogP contribution in [0.3, 0.4) is 0 Å². The lowest BCUT2D eigenvalue weighted by Crippen LogP contribution is -2.39. The molecule has 0 bridgehead atoms. The average Bonchev–Trinajstić information content (AvgIpc) is 2.34. The largest absolute Gasteiger partial charge is 0.497 e. The van der Waals surface area contributed by atoms with Crippen molar-refractivity contribution in [3.8, 4) is 5.75 Å². The summed E-state index contributed by atoms with van der Waals surface area (Å²) >= 11 is 4.00. The van der Waals surface area contributed by atoms with E-state index in [4.69, 9.17) is 9.84 Å². The van der Waals surface area contributed by atoms with Crippen LogP contribution in [0.1, 0.15) is 11.1 Å². The predicted octanol–water partition coefficient (Wildman–Crippen LogP) is 0.881. The van der Waals surface area contributed by atoms with Crippen LogP contribution in [0.2, 0.25) is 0 Å². The van der Waals surface area contributed by atoms with Gasteiger partial charge in [-0.3, -0.25) is 0 Å². The van der Waals surface area contributed by atoms with Crippen LogP contribution in [0.15, 0.2) is 17.0 Å². The van der Waals surface area contributed by atoms with E-state index in [0.29, 0.717) is 16.9 Å². The molecule has 7 heteroatoms. The first kappa shape index (κ1) is 16.3. The lowest BCUT2D eigenvalue weighted by atomic mass is 10.1. The molecule has 1 aromatic carbocycles. The summed E-state index contributed by atoms with van der Waals surface area (Å²) in [6.07, 6.45) is 0. The standard InChI is InChI=1S/C12H19NO4S2/c1-8-4-11(17-3)5-9(2)12(8)19(15,16)13-10(6-14)7-18/h4-5,10,13-14,18H,6-7H2,1-3H3. The number of nitrogens with one attached hydrogen (secondary N) is 1. The molecule has 1 atom stereocenters. The molecule has 0 radical (unpaired) electrons. The van der Waals surface area contributed by atoms with Gasteiger partial charge in [0.15, 0.2) is 0 Å². The van der Waals surface area contributed by atoms with E-state index in [9.17, 15) is 8.42 Å². The van der Waals surface area contributed by atoms with Gasteiger partial charge >= 0.3 is 0 Å². The molecule has 1 rings (SSSR count). The maximum absolute atomic E-state index is 12.3. The molecular formula is C12H19NO4S2. The van der Waals surface area contributed by atoms with Crippen LogP contribution in [0.25, 0.3) is 0 Å². The quantitative estimate of drug-likeness (QED) is 0.682. The lowest BCUT2D eigenvalue weighted by molar-refractivity contribution is 0.267. The van der Waals surface area contributed by atoms with E-state index in [0.717, 1.165) is 0 Å². The molecule has 5 nitrogen and oxygen atoms in total. The van der Waals surface area contributed by atoms with Crippen LogP contribution >= 0.6 is 12.6 Å². The molecule has 0 saturated heterocycles. The Balaban J connectivity index is 3.22. The van der Waals surface area contributed by atoms with Crippen LogP contribution in [0.5, 0.6) is 5.75 Å². The summed E-state index contributed by atoms with van der Waals surface area (Å²) in [6.45, 7) is 3.12. The highest BCUT2D eigenvalue weighted by molar-refractivity contribution is 7.89. The number of benzene rings is 1. The molecule has 0 heterocycles. The molecule has 0 amide bonds. The van der Waals surface area contributed by atoms with E-state index in [-0.39, 0.29) is 17.3 Å². The van der Waals surface area contributed by atoms with Gasteiger partial charge in [0.05, 0.1) is 24.7 Å². The number of sulfonamides is 1. The molecular weight excluding hydrogens is 286 g/mol. The predicted molar refractivity (Wildman–Crippen MR) is 77.5 cm³/mol. The Morgan fingerprint density at radius 2 is 1.89 bits per heavy atom. The van der Waals surface area contributed by atoms with Crippen LogP contribution in [-0.4, -0.2) is 39.0 Å². The normalized spacial score (nSPS) is 13.3. The molecule has 19 heavy (non-hydrogen) atoms. The average molecular weight is 305 g/mol. The van der Waals surface area contributed by atoms with Crippen molar-refractivity contribution < 1.29 is 18.3 Å². The zero-order chi connectivity index (χ0) is 14.6. The highest BCUT2D eigenvalue weighted by atomic mass is 32.2. The molecule has 0 spiro atoms. The molecule has 108 valence electrons. The number of methoxy groups -OCH3 is 1. The lowest BCUT2D eigenvalue weighted by Gasteiger charge is -2.17. The number of aliphatic hydroxyl groups is 1. The Morgan fingerprint density at radius 1 is 1.37 bits per heavy atom. The van der Waals surface area contributed by atoms with E-state index >= 15 is 0 Å². The number of ether oxygens (including phenoxy) is 1. The number of rotatable bonds is 6. The van der Waals surface area contributed by atoms with E-state index in [1.807, 2.05) is 0 Å². The second kappa shape index (κ2) is 6.60. The van der Waals surface area contributed by atoms with Gasteiger partial charge in [0.2, 0.25) is 10.0 Å². The smallest absolute Gasteiger partial charge is 0.241 e. The molecule has 0 aliphatic carbocycles. The number of hydrogen-bond acceptors (Lipinski definition) is 5. The second-order valence-electron chi connectivity index (χ2n) is 4.27. The summed E-state index contributed by atoms with van der Waals surface area (Å²) in [6, 6.07) is 2.72. The van der Waals surface area contributed by atoms with Crippen molar-refractivity contribution in [2.45, 2.75) is 24.8 Å². The highest BCUT2D eigenvalue weighted by Crippen LogP contribution is 2.25. The van der Waals surface area contributed by atoms with Gasteiger partial charge in [-0.25, -0.2) is 13.1 Å². The van der Waals surface area contributed by atoms with Crippen molar-refractivity contribution in [1.82, 2.24) is 4.72 Å². The minimum Gasteiger partial charge on any atom is -0.497 e. The minimum atomic E-state index is -3.68. The summed E-state index contributed by atoms with van der Waals surface area (Å²) in [4.78, 5) is 0.216. The summed E-state index contributed by atoms with van der Waals surface area (Å²) < 4.78 is 32.1. The van der Waals surface area contributed by atoms with E-state index < -0.39 is 16.1 Å². The fraction of sp³-hybridized carbons (Fsp3) is 0.500. The monoisotopic (exact) mass is 305 g/mol.